The Morgan fingerprint density at radius 1 is 1.29 bits per heavy atom. The topological polar surface area (TPSA) is 77.9 Å². The number of imidazole rings is 1. The largest absolute Gasteiger partial charge is 0.339 e. The summed E-state index contributed by atoms with van der Waals surface area (Å²) in [6.07, 6.45) is 1.25. The first-order valence-corrected chi connectivity index (χ1v) is 7.73. The zero-order chi connectivity index (χ0) is 16.4. The van der Waals surface area contributed by atoms with Crippen molar-refractivity contribution in [3.63, 3.8) is 0 Å². The third kappa shape index (κ3) is 3.52. The van der Waals surface area contributed by atoms with Crippen molar-refractivity contribution in [1.82, 2.24) is 24.6 Å². The fourth-order valence-corrected chi connectivity index (χ4v) is 2.64. The summed E-state index contributed by atoms with van der Waals surface area (Å²) in [5.74, 6) is 1.25. The van der Waals surface area contributed by atoms with Crippen molar-refractivity contribution in [3.05, 3.63) is 46.5 Å². The molecular weight excluding hydrogens is 330 g/mol. The summed E-state index contributed by atoms with van der Waals surface area (Å²) in [5, 5.41) is 7.13. The maximum absolute atomic E-state index is 12.3. The van der Waals surface area contributed by atoms with Crippen molar-refractivity contribution in [1.29, 1.82) is 0 Å². The first kappa shape index (κ1) is 18.2. The molecule has 0 saturated heterocycles. The average molecular weight is 352 g/mol. The second-order valence-electron chi connectivity index (χ2n) is 5.73. The second kappa shape index (κ2) is 7.63. The summed E-state index contributed by atoms with van der Waals surface area (Å²) in [4.78, 5) is 16.7. The Hall–Kier alpha value is -2.12. The van der Waals surface area contributed by atoms with Crippen molar-refractivity contribution >= 4 is 23.4 Å². The molecular formula is C16H22ClN5O2. The van der Waals surface area contributed by atoms with Crippen LogP contribution in [0.2, 0.25) is 0 Å². The predicted octanol–water partition coefficient (Wildman–Crippen LogP) is 1.54. The van der Waals surface area contributed by atoms with Gasteiger partial charge in [0.25, 0.3) is 0 Å². The number of nitrogens with zero attached hydrogens (tertiary/aromatic N) is 4. The van der Waals surface area contributed by atoms with Crippen LogP contribution < -0.4 is 11.0 Å². The van der Waals surface area contributed by atoms with E-state index in [9.17, 15) is 4.79 Å². The van der Waals surface area contributed by atoms with Gasteiger partial charge in [0.15, 0.2) is 5.82 Å². The molecule has 0 amide bonds. The van der Waals surface area contributed by atoms with Crippen LogP contribution in [-0.2, 0) is 26.4 Å². The monoisotopic (exact) mass is 351 g/mol. The van der Waals surface area contributed by atoms with E-state index in [4.69, 9.17) is 4.52 Å². The number of nitrogens with one attached hydrogen (secondary N) is 1. The molecule has 1 atom stereocenters. The highest BCUT2D eigenvalue weighted by Crippen LogP contribution is 2.12. The molecule has 0 aliphatic carbocycles. The lowest BCUT2D eigenvalue weighted by atomic mass is 10.2. The molecule has 0 aliphatic rings. The minimum atomic E-state index is -0.0326. The quantitative estimate of drug-likeness (QED) is 0.728. The molecule has 3 rings (SSSR count). The fraction of sp³-hybridized carbons (Fsp3) is 0.438. The summed E-state index contributed by atoms with van der Waals surface area (Å²) in [6.45, 7) is 2.58. The highest BCUT2D eigenvalue weighted by atomic mass is 35.5. The van der Waals surface area contributed by atoms with Crippen LogP contribution in [0.3, 0.4) is 0 Å². The fourth-order valence-electron chi connectivity index (χ4n) is 2.64. The summed E-state index contributed by atoms with van der Waals surface area (Å²) in [6, 6.07) is 8.05. The van der Waals surface area contributed by atoms with Crippen LogP contribution >= 0.6 is 12.4 Å². The van der Waals surface area contributed by atoms with Gasteiger partial charge in [-0.15, -0.1) is 12.4 Å². The van der Waals surface area contributed by atoms with Gasteiger partial charge in [0, 0.05) is 32.5 Å². The number of aryl methyl sites for hydroxylation is 3. The smallest absolute Gasteiger partial charge is 0.328 e. The van der Waals surface area contributed by atoms with E-state index in [0.717, 1.165) is 11.0 Å². The highest BCUT2D eigenvalue weighted by molar-refractivity contribution is 5.85. The van der Waals surface area contributed by atoms with E-state index in [1.807, 2.05) is 31.3 Å². The molecule has 7 nitrogen and oxygen atoms in total. The third-order valence-electron chi connectivity index (χ3n) is 4.09. The Kier molecular flexibility index (Phi) is 5.80. The van der Waals surface area contributed by atoms with Crippen LogP contribution in [0, 0.1) is 0 Å². The van der Waals surface area contributed by atoms with Crippen molar-refractivity contribution in [2.75, 3.05) is 7.05 Å². The zero-order valence-corrected chi connectivity index (χ0v) is 14.8. The van der Waals surface area contributed by atoms with Gasteiger partial charge in [-0.2, -0.15) is 4.98 Å². The molecule has 24 heavy (non-hydrogen) atoms. The molecule has 1 unspecified atom stereocenters. The standard InChI is InChI=1S/C16H21N5O2.ClH/c1-11(17-2)10-14-18-15(23-19-14)8-9-21-13-7-5-4-6-12(13)20(3)16(21)22;/h4-7,11,17H,8-10H2,1-3H3;1H. The van der Waals surface area contributed by atoms with Gasteiger partial charge in [0.2, 0.25) is 5.89 Å². The van der Waals surface area contributed by atoms with Gasteiger partial charge in [0.1, 0.15) is 0 Å². The number of hydrogen-bond donors (Lipinski definition) is 1. The van der Waals surface area contributed by atoms with E-state index in [0.29, 0.717) is 37.1 Å². The van der Waals surface area contributed by atoms with Crippen LogP contribution in [0.4, 0.5) is 0 Å². The minimum absolute atomic E-state index is 0. The Morgan fingerprint density at radius 3 is 2.71 bits per heavy atom. The van der Waals surface area contributed by atoms with Gasteiger partial charge < -0.3 is 9.84 Å². The predicted molar refractivity (Wildman–Crippen MR) is 94.7 cm³/mol. The lowest BCUT2D eigenvalue weighted by Gasteiger charge is -2.04. The van der Waals surface area contributed by atoms with Gasteiger partial charge in [-0.1, -0.05) is 17.3 Å². The highest BCUT2D eigenvalue weighted by Gasteiger charge is 2.13. The molecule has 0 bridgehead atoms. The molecule has 3 aromatic rings. The average Bonchev–Trinajstić information content (AvgIpc) is 3.10. The summed E-state index contributed by atoms with van der Waals surface area (Å²) in [7, 11) is 3.68. The molecule has 130 valence electrons. The first-order chi connectivity index (χ1) is 11.1. The Labute approximate surface area is 146 Å². The number of halogens is 1. The Bertz CT molecular complexity index is 867. The molecule has 0 saturated carbocycles. The number of fused-ring (bicyclic) bond motifs is 1. The van der Waals surface area contributed by atoms with Crippen molar-refractivity contribution < 1.29 is 4.52 Å². The molecule has 2 aromatic heterocycles. The Morgan fingerprint density at radius 2 is 2.00 bits per heavy atom. The van der Waals surface area contributed by atoms with Crippen molar-refractivity contribution in [3.8, 4) is 0 Å². The number of hydrogen-bond acceptors (Lipinski definition) is 5. The molecule has 0 fully saturated rings. The molecule has 0 radical (unpaired) electrons. The van der Waals surface area contributed by atoms with Crippen molar-refractivity contribution in [2.24, 2.45) is 7.05 Å². The van der Waals surface area contributed by atoms with Gasteiger partial charge in [-0.05, 0) is 26.1 Å². The summed E-state index contributed by atoms with van der Waals surface area (Å²) >= 11 is 0. The summed E-state index contributed by atoms with van der Waals surface area (Å²) in [5.41, 5.74) is 1.81. The normalized spacial score (nSPS) is 12.3. The number of rotatable bonds is 6. The molecule has 1 N–H and O–H groups in total. The van der Waals surface area contributed by atoms with Crippen LogP contribution in [0.15, 0.2) is 33.6 Å². The SMILES string of the molecule is CNC(C)Cc1noc(CCn2c(=O)n(C)c3ccccc32)n1.Cl. The first-order valence-electron chi connectivity index (χ1n) is 7.73. The zero-order valence-electron chi connectivity index (χ0n) is 14.0. The second-order valence-corrected chi connectivity index (χ2v) is 5.73. The van der Waals surface area contributed by atoms with Crippen LogP contribution in [-0.4, -0.2) is 32.4 Å². The van der Waals surface area contributed by atoms with Gasteiger partial charge in [0.05, 0.1) is 11.0 Å². The number of para-hydroxylation sites is 2. The molecule has 1 aromatic carbocycles. The number of benzene rings is 1. The third-order valence-corrected chi connectivity index (χ3v) is 4.09. The number of aromatic nitrogens is 4. The van der Waals surface area contributed by atoms with E-state index >= 15 is 0 Å². The minimum Gasteiger partial charge on any atom is -0.339 e. The Balaban J connectivity index is 0.00000208. The van der Waals surface area contributed by atoms with Crippen LogP contribution in [0.25, 0.3) is 11.0 Å². The van der Waals surface area contributed by atoms with Gasteiger partial charge in [-0.25, -0.2) is 4.79 Å². The van der Waals surface area contributed by atoms with Crippen molar-refractivity contribution in [2.45, 2.75) is 32.4 Å². The van der Waals surface area contributed by atoms with E-state index in [1.54, 1.807) is 16.2 Å². The maximum atomic E-state index is 12.3. The van der Waals surface area contributed by atoms with E-state index in [-0.39, 0.29) is 18.1 Å². The van der Waals surface area contributed by atoms with Gasteiger partial charge in [-0.3, -0.25) is 9.13 Å². The summed E-state index contributed by atoms with van der Waals surface area (Å²) < 4.78 is 8.68. The molecule has 0 aliphatic heterocycles. The van der Waals surface area contributed by atoms with Gasteiger partial charge >= 0.3 is 5.69 Å². The lowest BCUT2D eigenvalue weighted by molar-refractivity contribution is 0.365. The lowest BCUT2D eigenvalue weighted by Crippen LogP contribution is -2.24. The van der Waals surface area contributed by atoms with Crippen LogP contribution in [0.5, 0.6) is 0 Å². The van der Waals surface area contributed by atoms with E-state index < -0.39 is 0 Å². The maximum Gasteiger partial charge on any atom is 0.328 e. The van der Waals surface area contributed by atoms with Crippen LogP contribution in [0.1, 0.15) is 18.6 Å². The molecule has 8 heteroatoms. The molecule has 2 heterocycles. The molecule has 0 spiro atoms. The van der Waals surface area contributed by atoms with E-state index in [1.165, 1.54) is 0 Å². The van der Waals surface area contributed by atoms with E-state index in [2.05, 4.69) is 22.4 Å². The number of likely N-dealkylation sites (N-methyl/N-ethyl adjacent to an activating group) is 1.